The normalized spacial score (nSPS) is 14.0. The second-order valence-electron chi connectivity index (χ2n) is 6.75. The molecule has 0 atom stereocenters. The number of nitrogens with one attached hydrogen (secondary N) is 2. The van der Waals surface area contributed by atoms with Crippen LogP contribution in [0.15, 0.2) is 42.6 Å². The van der Waals surface area contributed by atoms with E-state index in [-0.39, 0.29) is 5.91 Å². The zero-order chi connectivity index (χ0) is 18.9. The molecule has 2 aromatic rings. The van der Waals surface area contributed by atoms with Gasteiger partial charge in [-0.3, -0.25) is 9.78 Å². The molecule has 0 bridgehead atoms. The van der Waals surface area contributed by atoms with Gasteiger partial charge < -0.3 is 20.3 Å². The van der Waals surface area contributed by atoms with Crippen LogP contribution in [0, 0.1) is 0 Å². The van der Waals surface area contributed by atoms with Crippen molar-refractivity contribution >= 4 is 23.0 Å². The number of ether oxygens (including phenoxy) is 1. The SMILES string of the molecule is COCCCNC(=O)c1cc(Nc2ccc(N3CCCCC3)cc2)ccn1. The Morgan fingerprint density at radius 1 is 1.11 bits per heavy atom. The maximum atomic E-state index is 12.2. The van der Waals surface area contributed by atoms with Gasteiger partial charge in [0.25, 0.3) is 5.91 Å². The van der Waals surface area contributed by atoms with Crippen molar-refractivity contribution in [2.24, 2.45) is 0 Å². The molecule has 0 saturated carbocycles. The molecule has 3 rings (SSSR count). The number of methoxy groups -OCH3 is 1. The summed E-state index contributed by atoms with van der Waals surface area (Å²) in [6, 6.07) is 12.1. The van der Waals surface area contributed by atoms with Crippen LogP contribution in [0.5, 0.6) is 0 Å². The number of aromatic nitrogens is 1. The summed E-state index contributed by atoms with van der Waals surface area (Å²) in [4.78, 5) is 18.8. The molecule has 1 fully saturated rings. The minimum absolute atomic E-state index is 0.171. The molecule has 1 amide bonds. The Kier molecular flexibility index (Phi) is 7.04. The zero-order valence-corrected chi connectivity index (χ0v) is 15.9. The lowest BCUT2D eigenvalue weighted by Crippen LogP contribution is -2.29. The fourth-order valence-corrected chi connectivity index (χ4v) is 3.22. The molecule has 1 aromatic carbocycles. The van der Waals surface area contributed by atoms with Crippen LogP contribution in [-0.4, -0.2) is 44.2 Å². The van der Waals surface area contributed by atoms with Crippen LogP contribution in [0.2, 0.25) is 0 Å². The van der Waals surface area contributed by atoms with Gasteiger partial charge in [-0.2, -0.15) is 0 Å². The average Bonchev–Trinajstić information content (AvgIpc) is 2.72. The Morgan fingerprint density at radius 2 is 1.89 bits per heavy atom. The van der Waals surface area contributed by atoms with Gasteiger partial charge >= 0.3 is 0 Å². The Bertz CT molecular complexity index is 727. The van der Waals surface area contributed by atoms with E-state index in [1.165, 1.54) is 24.9 Å². The van der Waals surface area contributed by atoms with Gasteiger partial charge in [0.2, 0.25) is 0 Å². The summed E-state index contributed by atoms with van der Waals surface area (Å²) in [7, 11) is 1.65. The molecule has 27 heavy (non-hydrogen) atoms. The van der Waals surface area contributed by atoms with Crippen LogP contribution in [0.3, 0.4) is 0 Å². The smallest absolute Gasteiger partial charge is 0.269 e. The number of nitrogens with zero attached hydrogens (tertiary/aromatic N) is 2. The number of carbonyl (C=O) groups excluding carboxylic acids is 1. The predicted molar refractivity (Wildman–Crippen MR) is 109 cm³/mol. The lowest BCUT2D eigenvalue weighted by molar-refractivity contribution is 0.0943. The minimum atomic E-state index is -0.171. The second-order valence-corrected chi connectivity index (χ2v) is 6.75. The van der Waals surface area contributed by atoms with E-state index in [0.29, 0.717) is 18.8 Å². The number of hydrogen-bond acceptors (Lipinski definition) is 5. The first-order valence-corrected chi connectivity index (χ1v) is 9.61. The molecule has 2 heterocycles. The summed E-state index contributed by atoms with van der Waals surface area (Å²) in [5.74, 6) is -0.171. The topological polar surface area (TPSA) is 66.5 Å². The number of benzene rings is 1. The molecular formula is C21H28N4O2. The zero-order valence-electron chi connectivity index (χ0n) is 15.9. The van der Waals surface area contributed by atoms with Crippen LogP contribution in [0.4, 0.5) is 17.1 Å². The van der Waals surface area contributed by atoms with Gasteiger partial charge in [-0.25, -0.2) is 0 Å². The number of rotatable bonds is 8. The van der Waals surface area contributed by atoms with E-state index in [9.17, 15) is 4.79 Å². The van der Waals surface area contributed by atoms with Crippen molar-refractivity contribution < 1.29 is 9.53 Å². The van der Waals surface area contributed by atoms with Crippen LogP contribution >= 0.6 is 0 Å². The number of anilines is 3. The summed E-state index contributed by atoms with van der Waals surface area (Å²) in [5, 5.41) is 6.20. The van der Waals surface area contributed by atoms with Crippen LogP contribution in [-0.2, 0) is 4.74 Å². The Morgan fingerprint density at radius 3 is 2.63 bits per heavy atom. The number of piperidine rings is 1. The fraction of sp³-hybridized carbons (Fsp3) is 0.429. The third-order valence-electron chi connectivity index (χ3n) is 4.68. The molecule has 6 heteroatoms. The van der Waals surface area contributed by atoms with Crippen LogP contribution in [0.25, 0.3) is 0 Å². The first-order valence-electron chi connectivity index (χ1n) is 9.61. The molecule has 1 aromatic heterocycles. The molecule has 1 aliphatic rings. The van der Waals surface area contributed by atoms with Crippen molar-refractivity contribution in [1.82, 2.24) is 10.3 Å². The largest absolute Gasteiger partial charge is 0.385 e. The van der Waals surface area contributed by atoms with Crippen molar-refractivity contribution in [3.63, 3.8) is 0 Å². The van der Waals surface area contributed by atoms with Gasteiger partial charge in [0.1, 0.15) is 5.69 Å². The third-order valence-corrected chi connectivity index (χ3v) is 4.68. The molecule has 0 unspecified atom stereocenters. The van der Waals surface area contributed by atoms with Crippen LogP contribution in [0.1, 0.15) is 36.2 Å². The second kappa shape index (κ2) is 9.92. The van der Waals surface area contributed by atoms with Gasteiger partial charge in [-0.15, -0.1) is 0 Å². The Hall–Kier alpha value is -2.60. The average molecular weight is 368 g/mol. The van der Waals surface area contributed by atoms with Gasteiger partial charge in [-0.1, -0.05) is 0 Å². The highest BCUT2D eigenvalue weighted by Crippen LogP contribution is 2.23. The molecule has 0 aliphatic carbocycles. The monoisotopic (exact) mass is 368 g/mol. The van der Waals surface area contributed by atoms with E-state index in [0.717, 1.165) is 30.9 Å². The van der Waals surface area contributed by atoms with Crippen molar-refractivity contribution in [2.75, 3.05) is 43.6 Å². The highest BCUT2D eigenvalue weighted by Gasteiger charge is 2.11. The number of hydrogen-bond donors (Lipinski definition) is 2. The molecule has 1 saturated heterocycles. The lowest BCUT2D eigenvalue weighted by atomic mass is 10.1. The first kappa shape index (κ1) is 19.2. The van der Waals surface area contributed by atoms with Crippen molar-refractivity contribution in [3.8, 4) is 0 Å². The van der Waals surface area contributed by atoms with E-state index < -0.39 is 0 Å². The first-order chi connectivity index (χ1) is 13.3. The maximum absolute atomic E-state index is 12.2. The van der Waals surface area contributed by atoms with E-state index in [4.69, 9.17) is 4.74 Å². The molecule has 144 valence electrons. The van der Waals surface area contributed by atoms with Crippen LogP contribution < -0.4 is 15.5 Å². The van der Waals surface area contributed by atoms with Gasteiger partial charge in [0.05, 0.1) is 0 Å². The van der Waals surface area contributed by atoms with Crippen molar-refractivity contribution in [2.45, 2.75) is 25.7 Å². The standard InChI is InChI=1S/C21H28N4O2/c1-27-15-5-11-23-21(26)20-16-18(10-12-22-20)24-17-6-8-19(9-7-17)25-13-3-2-4-14-25/h6-10,12,16H,2-5,11,13-15H2,1H3,(H,22,24)(H,23,26). The van der Waals surface area contributed by atoms with Gasteiger partial charge in [0.15, 0.2) is 0 Å². The number of amides is 1. The molecule has 2 N–H and O–H groups in total. The minimum Gasteiger partial charge on any atom is -0.385 e. The summed E-state index contributed by atoms with van der Waals surface area (Å²) >= 11 is 0. The highest BCUT2D eigenvalue weighted by molar-refractivity contribution is 5.93. The Labute approximate surface area is 160 Å². The van der Waals surface area contributed by atoms with Crippen molar-refractivity contribution in [1.29, 1.82) is 0 Å². The summed E-state index contributed by atoms with van der Waals surface area (Å²) in [6.07, 6.45) is 6.30. The van der Waals surface area contributed by atoms with E-state index in [1.807, 2.05) is 6.07 Å². The maximum Gasteiger partial charge on any atom is 0.269 e. The number of pyridine rings is 1. The fourth-order valence-electron chi connectivity index (χ4n) is 3.22. The van der Waals surface area contributed by atoms with Gasteiger partial charge in [0, 0.05) is 56.6 Å². The third kappa shape index (κ3) is 5.69. The summed E-state index contributed by atoms with van der Waals surface area (Å²) < 4.78 is 4.98. The summed E-state index contributed by atoms with van der Waals surface area (Å²) in [5.41, 5.74) is 3.51. The quantitative estimate of drug-likeness (QED) is 0.697. The summed E-state index contributed by atoms with van der Waals surface area (Å²) in [6.45, 7) is 3.48. The van der Waals surface area contributed by atoms with E-state index in [2.05, 4.69) is 44.8 Å². The van der Waals surface area contributed by atoms with Gasteiger partial charge in [-0.05, 0) is 62.1 Å². The highest BCUT2D eigenvalue weighted by atomic mass is 16.5. The van der Waals surface area contributed by atoms with E-state index in [1.54, 1.807) is 19.4 Å². The number of carbonyl (C=O) groups is 1. The Balaban J connectivity index is 1.58. The molecule has 6 nitrogen and oxygen atoms in total. The molecular weight excluding hydrogens is 340 g/mol. The van der Waals surface area contributed by atoms with E-state index >= 15 is 0 Å². The molecule has 0 spiro atoms. The predicted octanol–water partition coefficient (Wildman–Crippen LogP) is 3.58. The molecule has 0 radical (unpaired) electrons. The van der Waals surface area contributed by atoms with Crippen molar-refractivity contribution in [3.05, 3.63) is 48.3 Å². The molecule has 1 aliphatic heterocycles. The lowest BCUT2D eigenvalue weighted by Gasteiger charge is -2.28.